The van der Waals surface area contributed by atoms with E-state index in [1.807, 2.05) is 30.8 Å². The summed E-state index contributed by atoms with van der Waals surface area (Å²) in [5.41, 5.74) is 3.24. The van der Waals surface area contributed by atoms with Gasteiger partial charge in [-0.05, 0) is 56.0 Å². The second-order valence-electron chi connectivity index (χ2n) is 7.09. The Morgan fingerprint density at radius 1 is 1.20 bits per heavy atom. The molecule has 3 aromatic rings. The van der Waals surface area contributed by atoms with E-state index in [4.69, 9.17) is 4.42 Å². The second-order valence-corrected chi connectivity index (χ2v) is 7.09. The third-order valence-corrected chi connectivity index (χ3v) is 4.82. The lowest BCUT2D eigenvalue weighted by Gasteiger charge is -2.06. The predicted molar refractivity (Wildman–Crippen MR) is 96.6 cm³/mol. The van der Waals surface area contributed by atoms with E-state index in [9.17, 15) is 0 Å². The van der Waals surface area contributed by atoms with Gasteiger partial charge in [0, 0.05) is 24.4 Å². The standard InChI is InChI=1S/C20H24N4O/c1-13-8-18(13)19-6-5-17(25-19)12-21-10-16-4-7-20(22-11-16)24-15(3)9-14(2)23-24/h4-7,9,11,13,18,21H,8,10,12H2,1-3H3. The lowest BCUT2D eigenvalue weighted by molar-refractivity contribution is 0.444. The van der Waals surface area contributed by atoms with Crippen molar-refractivity contribution in [2.24, 2.45) is 5.92 Å². The van der Waals surface area contributed by atoms with Gasteiger partial charge in [-0.15, -0.1) is 0 Å². The van der Waals surface area contributed by atoms with Crippen LogP contribution in [0, 0.1) is 19.8 Å². The molecule has 0 amide bonds. The van der Waals surface area contributed by atoms with E-state index in [0.29, 0.717) is 5.92 Å². The zero-order chi connectivity index (χ0) is 17.4. The molecule has 0 aliphatic heterocycles. The minimum Gasteiger partial charge on any atom is -0.464 e. The molecule has 4 rings (SSSR count). The van der Waals surface area contributed by atoms with Crippen LogP contribution in [-0.2, 0) is 13.1 Å². The van der Waals surface area contributed by atoms with Crippen molar-refractivity contribution in [3.05, 3.63) is 65.0 Å². The summed E-state index contributed by atoms with van der Waals surface area (Å²) >= 11 is 0. The van der Waals surface area contributed by atoms with Gasteiger partial charge < -0.3 is 9.73 Å². The first-order valence-electron chi connectivity index (χ1n) is 8.88. The minimum absolute atomic E-state index is 0.639. The summed E-state index contributed by atoms with van der Waals surface area (Å²) in [5.74, 6) is 4.41. The van der Waals surface area contributed by atoms with Gasteiger partial charge >= 0.3 is 0 Å². The summed E-state index contributed by atoms with van der Waals surface area (Å²) in [4.78, 5) is 4.53. The third-order valence-electron chi connectivity index (χ3n) is 4.82. The highest BCUT2D eigenvalue weighted by atomic mass is 16.3. The molecule has 2 atom stereocenters. The van der Waals surface area contributed by atoms with Crippen LogP contribution < -0.4 is 5.32 Å². The van der Waals surface area contributed by atoms with E-state index in [1.165, 1.54) is 6.42 Å². The molecule has 5 heteroatoms. The SMILES string of the molecule is Cc1cc(C)n(-c2ccc(CNCc3ccc(C4CC4C)o3)cn2)n1. The monoisotopic (exact) mass is 336 g/mol. The van der Waals surface area contributed by atoms with Gasteiger partial charge in [-0.1, -0.05) is 13.0 Å². The van der Waals surface area contributed by atoms with Crippen LogP contribution in [0.15, 0.2) is 40.9 Å². The van der Waals surface area contributed by atoms with Crippen LogP contribution in [0.1, 0.15) is 47.7 Å². The van der Waals surface area contributed by atoms with E-state index in [1.54, 1.807) is 0 Å². The lowest BCUT2D eigenvalue weighted by atomic mass is 10.2. The number of hydrogen-bond acceptors (Lipinski definition) is 4. The highest BCUT2D eigenvalue weighted by molar-refractivity contribution is 5.28. The number of pyridine rings is 1. The Labute approximate surface area is 148 Å². The molecule has 5 nitrogen and oxygen atoms in total. The molecule has 0 aromatic carbocycles. The van der Waals surface area contributed by atoms with E-state index < -0.39 is 0 Å². The number of nitrogens with one attached hydrogen (secondary N) is 1. The van der Waals surface area contributed by atoms with Crippen molar-refractivity contribution in [3.63, 3.8) is 0 Å². The van der Waals surface area contributed by atoms with Crippen LogP contribution >= 0.6 is 0 Å². The maximum absolute atomic E-state index is 5.92. The minimum atomic E-state index is 0.639. The zero-order valence-corrected chi connectivity index (χ0v) is 15.0. The van der Waals surface area contributed by atoms with Gasteiger partial charge in [0.1, 0.15) is 11.5 Å². The maximum Gasteiger partial charge on any atom is 0.153 e. The number of hydrogen-bond donors (Lipinski definition) is 1. The van der Waals surface area contributed by atoms with Crippen molar-refractivity contribution in [1.82, 2.24) is 20.1 Å². The van der Waals surface area contributed by atoms with Crippen LogP contribution in [0.5, 0.6) is 0 Å². The van der Waals surface area contributed by atoms with Crippen molar-refractivity contribution >= 4 is 0 Å². The normalized spacial score (nSPS) is 19.3. The highest BCUT2D eigenvalue weighted by Gasteiger charge is 2.36. The van der Waals surface area contributed by atoms with Gasteiger partial charge in [0.15, 0.2) is 5.82 Å². The van der Waals surface area contributed by atoms with Gasteiger partial charge in [-0.2, -0.15) is 5.10 Å². The van der Waals surface area contributed by atoms with Gasteiger partial charge in [0.2, 0.25) is 0 Å². The van der Waals surface area contributed by atoms with Gasteiger partial charge in [-0.25, -0.2) is 9.67 Å². The first kappa shape index (κ1) is 16.1. The summed E-state index contributed by atoms with van der Waals surface area (Å²) in [5, 5.41) is 7.89. The quantitative estimate of drug-likeness (QED) is 0.742. The maximum atomic E-state index is 5.92. The van der Waals surface area contributed by atoms with Crippen molar-refractivity contribution in [1.29, 1.82) is 0 Å². The average Bonchev–Trinajstić information content (AvgIpc) is 3.00. The van der Waals surface area contributed by atoms with E-state index in [0.717, 1.165) is 53.3 Å². The Morgan fingerprint density at radius 2 is 2.04 bits per heavy atom. The third kappa shape index (κ3) is 3.51. The molecule has 3 heterocycles. The van der Waals surface area contributed by atoms with E-state index in [2.05, 4.69) is 46.6 Å². The molecule has 1 aliphatic carbocycles. The zero-order valence-electron chi connectivity index (χ0n) is 15.0. The van der Waals surface area contributed by atoms with Crippen LogP contribution in [0.3, 0.4) is 0 Å². The molecule has 1 fully saturated rings. The highest BCUT2D eigenvalue weighted by Crippen LogP contribution is 2.47. The fourth-order valence-corrected chi connectivity index (χ4v) is 3.24. The van der Waals surface area contributed by atoms with Crippen molar-refractivity contribution < 1.29 is 4.42 Å². The van der Waals surface area contributed by atoms with Gasteiger partial charge in [0.25, 0.3) is 0 Å². The van der Waals surface area contributed by atoms with Crippen LogP contribution in [0.25, 0.3) is 5.82 Å². The summed E-state index contributed by atoms with van der Waals surface area (Å²) in [6.45, 7) is 7.80. The summed E-state index contributed by atoms with van der Waals surface area (Å²) in [7, 11) is 0. The molecule has 0 spiro atoms. The molecule has 0 radical (unpaired) electrons. The number of nitrogens with zero attached hydrogens (tertiary/aromatic N) is 3. The average molecular weight is 336 g/mol. The largest absolute Gasteiger partial charge is 0.464 e. The first-order valence-corrected chi connectivity index (χ1v) is 8.88. The Bertz CT molecular complexity index is 862. The molecule has 25 heavy (non-hydrogen) atoms. The molecular formula is C20H24N4O. The van der Waals surface area contributed by atoms with Crippen molar-refractivity contribution in [3.8, 4) is 5.82 Å². The molecule has 2 unspecified atom stereocenters. The number of aromatic nitrogens is 3. The first-order chi connectivity index (χ1) is 12.1. The predicted octanol–water partition coefficient (Wildman–Crippen LogP) is 3.89. The Balaban J connectivity index is 1.32. The smallest absolute Gasteiger partial charge is 0.153 e. The molecule has 1 N–H and O–H groups in total. The Kier molecular flexibility index (Phi) is 4.17. The number of furan rings is 1. The fourth-order valence-electron chi connectivity index (χ4n) is 3.24. The summed E-state index contributed by atoms with van der Waals surface area (Å²) in [6, 6.07) is 10.4. The van der Waals surface area contributed by atoms with Crippen LogP contribution in [0.2, 0.25) is 0 Å². The lowest BCUT2D eigenvalue weighted by Crippen LogP contribution is -2.12. The van der Waals surface area contributed by atoms with Crippen LogP contribution in [-0.4, -0.2) is 14.8 Å². The van der Waals surface area contributed by atoms with Gasteiger partial charge in [0.05, 0.1) is 12.2 Å². The summed E-state index contributed by atoms with van der Waals surface area (Å²) in [6.07, 6.45) is 3.16. The van der Waals surface area contributed by atoms with Crippen molar-refractivity contribution in [2.75, 3.05) is 0 Å². The molecule has 1 aliphatic rings. The molecule has 0 saturated heterocycles. The molecule has 3 aromatic heterocycles. The van der Waals surface area contributed by atoms with E-state index >= 15 is 0 Å². The molecule has 130 valence electrons. The fraction of sp³-hybridized carbons (Fsp3) is 0.400. The molecule has 0 bridgehead atoms. The van der Waals surface area contributed by atoms with Gasteiger partial charge in [-0.3, -0.25) is 0 Å². The van der Waals surface area contributed by atoms with E-state index in [-0.39, 0.29) is 0 Å². The topological polar surface area (TPSA) is 55.9 Å². The Hall–Kier alpha value is -2.40. The summed E-state index contributed by atoms with van der Waals surface area (Å²) < 4.78 is 7.79. The van der Waals surface area contributed by atoms with Crippen molar-refractivity contribution in [2.45, 2.75) is 46.2 Å². The molecule has 1 saturated carbocycles. The molecular weight excluding hydrogens is 312 g/mol. The Morgan fingerprint density at radius 3 is 2.68 bits per heavy atom. The number of aryl methyl sites for hydroxylation is 2. The second kappa shape index (κ2) is 6.48. The number of rotatable bonds is 6. The van der Waals surface area contributed by atoms with Crippen LogP contribution in [0.4, 0.5) is 0 Å².